The average Bonchev–Trinajstić information content (AvgIpc) is 2.78. The predicted molar refractivity (Wildman–Crippen MR) is 44.2 cm³/mol. The summed E-state index contributed by atoms with van der Waals surface area (Å²) in [6.45, 7) is 0. The van der Waals surface area contributed by atoms with Gasteiger partial charge in [0.05, 0.1) is 22.8 Å². The Labute approximate surface area is 77.6 Å². The second-order valence-electron chi connectivity index (χ2n) is 2.75. The third kappa shape index (κ3) is 1.66. The summed E-state index contributed by atoms with van der Waals surface area (Å²) in [6.07, 6.45) is 5.06. The lowest BCUT2D eigenvalue weighted by Gasteiger charge is -1.99. The first-order chi connectivity index (χ1) is 5.75. The van der Waals surface area contributed by atoms with E-state index >= 15 is 0 Å². The van der Waals surface area contributed by atoms with Crippen molar-refractivity contribution in [2.75, 3.05) is 0 Å². The molecule has 1 fully saturated rings. The molecular weight excluding hydrogens is 224 g/mol. The summed E-state index contributed by atoms with van der Waals surface area (Å²) in [4.78, 5) is 17.2. The van der Waals surface area contributed by atoms with Crippen LogP contribution in [0.4, 0.5) is 0 Å². The summed E-state index contributed by atoms with van der Waals surface area (Å²) in [6, 6.07) is 0. The third-order valence-corrected chi connectivity index (χ3v) is 2.03. The SMILES string of the molecule is O=C(On1cc(Br)cn1)C1CC1. The molecule has 0 bridgehead atoms. The van der Waals surface area contributed by atoms with E-state index in [0.29, 0.717) is 0 Å². The van der Waals surface area contributed by atoms with E-state index < -0.39 is 0 Å². The van der Waals surface area contributed by atoms with Gasteiger partial charge in [0.1, 0.15) is 0 Å². The zero-order valence-electron chi connectivity index (χ0n) is 6.24. The molecule has 1 aromatic rings. The Morgan fingerprint density at radius 2 is 2.50 bits per heavy atom. The number of rotatable bonds is 2. The van der Waals surface area contributed by atoms with Crippen LogP contribution in [-0.4, -0.2) is 15.9 Å². The third-order valence-electron chi connectivity index (χ3n) is 1.62. The zero-order chi connectivity index (χ0) is 8.55. The molecule has 0 aliphatic heterocycles. The number of carbonyl (C=O) groups is 1. The molecule has 0 aromatic carbocycles. The molecule has 0 atom stereocenters. The van der Waals surface area contributed by atoms with Gasteiger partial charge in [0.15, 0.2) is 0 Å². The summed E-state index contributed by atoms with van der Waals surface area (Å²) in [7, 11) is 0. The summed E-state index contributed by atoms with van der Waals surface area (Å²) in [5.41, 5.74) is 0. The van der Waals surface area contributed by atoms with Gasteiger partial charge in [0.25, 0.3) is 0 Å². The quantitative estimate of drug-likeness (QED) is 0.762. The molecule has 4 nitrogen and oxygen atoms in total. The van der Waals surface area contributed by atoms with Crippen LogP contribution < -0.4 is 4.84 Å². The topological polar surface area (TPSA) is 44.1 Å². The van der Waals surface area contributed by atoms with Crippen molar-refractivity contribution in [2.45, 2.75) is 12.8 Å². The van der Waals surface area contributed by atoms with Gasteiger partial charge in [-0.05, 0) is 28.8 Å². The van der Waals surface area contributed by atoms with Crippen LogP contribution in [0.25, 0.3) is 0 Å². The van der Waals surface area contributed by atoms with Gasteiger partial charge in [-0.25, -0.2) is 4.79 Å². The number of hydrogen-bond donors (Lipinski definition) is 0. The molecule has 0 unspecified atom stereocenters. The van der Waals surface area contributed by atoms with Crippen LogP contribution in [0.2, 0.25) is 0 Å². The van der Waals surface area contributed by atoms with E-state index in [1.54, 1.807) is 12.4 Å². The van der Waals surface area contributed by atoms with Crippen LogP contribution in [0.15, 0.2) is 16.9 Å². The molecular formula is C7H7BrN2O2. The fourth-order valence-electron chi connectivity index (χ4n) is 0.820. The van der Waals surface area contributed by atoms with Crippen LogP contribution in [-0.2, 0) is 4.79 Å². The first kappa shape index (κ1) is 7.79. The minimum absolute atomic E-state index is 0.105. The highest BCUT2D eigenvalue weighted by Crippen LogP contribution is 2.29. The molecule has 0 radical (unpaired) electrons. The normalized spacial score (nSPS) is 16.1. The maximum Gasteiger partial charge on any atom is 0.337 e. The Morgan fingerprint density at radius 1 is 1.75 bits per heavy atom. The van der Waals surface area contributed by atoms with Gasteiger partial charge < -0.3 is 4.84 Å². The predicted octanol–water partition coefficient (Wildman–Crippen LogP) is 1.01. The first-order valence-corrected chi connectivity index (χ1v) is 4.47. The summed E-state index contributed by atoms with van der Waals surface area (Å²) in [5.74, 6) is -0.0847. The maximum absolute atomic E-state index is 11.1. The summed E-state index contributed by atoms with van der Waals surface area (Å²) < 4.78 is 0.797. The number of aromatic nitrogens is 2. The Balaban J connectivity index is 1.98. The average molecular weight is 231 g/mol. The molecule has 64 valence electrons. The smallest absolute Gasteiger partial charge is 0.319 e. The van der Waals surface area contributed by atoms with Crippen LogP contribution >= 0.6 is 15.9 Å². The highest BCUT2D eigenvalue weighted by atomic mass is 79.9. The van der Waals surface area contributed by atoms with Crippen LogP contribution in [0.1, 0.15) is 12.8 Å². The standard InChI is InChI=1S/C7H7BrN2O2/c8-6-3-9-10(4-6)12-7(11)5-1-2-5/h3-5H,1-2H2. The molecule has 1 heterocycles. The lowest BCUT2D eigenvalue weighted by molar-refractivity contribution is -0.147. The monoisotopic (exact) mass is 230 g/mol. The second-order valence-corrected chi connectivity index (χ2v) is 3.66. The zero-order valence-corrected chi connectivity index (χ0v) is 7.82. The lowest BCUT2D eigenvalue weighted by atomic mass is 10.4. The van der Waals surface area contributed by atoms with E-state index in [1.807, 2.05) is 0 Å². The van der Waals surface area contributed by atoms with Crippen molar-refractivity contribution in [1.82, 2.24) is 9.94 Å². The minimum atomic E-state index is -0.189. The molecule has 0 saturated heterocycles. The largest absolute Gasteiger partial charge is 0.337 e. The van der Waals surface area contributed by atoms with E-state index in [9.17, 15) is 4.79 Å². The molecule has 5 heteroatoms. The molecule has 1 saturated carbocycles. The van der Waals surface area contributed by atoms with Gasteiger partial charge >= 0.3 is 5.97 Å². The van der Waals surface area contributed by atoms with Crippen molar-refractivity contribution in [2.24, 2.45) is 5.92 Å². The van der Waals surface area contributed by atoms with Crippen LogP contribution in [0, 0.1) is 5.92 Å². The van der Waals surface area contributed by atoms with Crippen molar-refractivity contribution in [3.05, 3.63) is 16.9 Å². The Kier molecular flexibility index (Phi) is 1.88. The van der Waals surface area contributed by atoms with E-state index in [-0.39, 0.29) is 11.9 Å². The van der Waals surface area contributed by atoms with Crippen molar-refractivity contribution < 1.29 is 9.63 Å². The molecule has 12 heavy (non-hydrogen) atoms. The van der Waals surface area contributed by atoms with E-state index in [1.165, 1.54) is 4.85 Å². The second kappa shape index (κ2) is 2.90. The van der Waals surface area contributed by atoms with Crippen molar-refractivity contribution in [3.8, 4) is 0 Å². The first-order valence-electron chi connectivity index (χ1n) is 3.68. The summed E-state index contributed by atoms with van der Waals surface area (Å²) in [5, 5.41) is 3.79. The molecule has 0 amide bonds. The summed E-state index contributed by atoms with van der Waals surface area (Å²) >= 11 is 3.20. The Hall–Kier alpha value is -0.840. The van der Waals surface area contributed by atoms with Crippen LogP contribution in [0.3, 0.4) is 0 Å². The van der Waals surface area contributed by atoms with Crippen molar-refractivity contribution in [1.29, 1.82) is 0 Å². The van der Waals surface area contributed by atoms with Crippen LogP contribution in [0.5, 0.6) is 0 Å². The molecule has 1 aliphatic rings. The number of halogens is 1. The van der Waals surface area contributed by atoms with Crippen molar-refractivity contribution in [3.63, 3.8) is 0 Å². The highest BCUT2D eigenvalue weighted by Gasteiger charge is 2.32. The number of carbonyl (C=O) groups excluding carboxylic acids is 1. The molecule has 1 aromatic heterocycles. The molecule has 0 spiro atoms. The minimum Gasteiger partial charge on any atom is -0.319 e. The number of hydrogen-bond acceptors (Lipinski definition) is 3. The Bertz CT molecular complexity index is 306. The van der Waals surface area contributed by atoms with Gasteiger partial charge in [-0.1, -0.05) is 4.85 Å². The maximum atomic E-state index is 11.1. The highest BCUT2D eigenvalue weighted by molar-refractivity contribution is 9.10. The van der Waals surface area contributed by atoms with E-state index in [4.69, 9.17) is 4.84 Å². The van der Waals surface area contributed by atoms with Gasteiger partial charge in [0.2, 0.25) is 0 Å². The van der Waals surface area contributed by atoms with E-state index in [2.05, 4.69) is 21.0 Å². The van der Waals surface area contributed by atoms with Crippen molar-refractivity contribution >= 4 is 21.9 Å². The fourth-order valence-corrected chi connectivity index (χ4v) is 1.09. The molecule has 0 N–H and O–H groups in total. The fraction of sp³-hybridized carbons (Fsp3) is 0.429. The van der Waals surface area contributed by atoms with Gasteiger partial charge in [-0.3, -0.25) is 0 Å². The lowest BCUT2D eigenvalue weighted by Crippen LogP contribution is -2.21. The van der Waals surface area contributed by atoms with Gasteiger partial charge in [0, 0.05) is 0 Å². The van der Waals surface area contributed by atoms with Gasteiger partial charge in [-0.2, -0.15) is 0 Å². The Morgan fingerprint density at radius 3 is 3.00 bits per heavy atom. The number of nitrogens with zero attached hydrogens (tertiary/aromatic N) is 2. The molecule has 1 aliphatic carbocycles. The van der Waals surface area contributed by atoms with E-state index in [0.717, 1.165) is 17.3 Å². The molecule has 2 rings (SSSR count). The van der Waals surface area contributed by atoms with Gasteiger partial charge in [-0.15, -0.1) is 5.10 Å².